The normalized spacial score (nSPS) is 10.2. The average molecular weight is 179 g/mol. The number of hydrogen-bond donors (Lipinski definition) is 0. The molecule has 0 heterocycles. The maximum absolute atomic E-state index is 4.89. The number of unbranched alkanes of at least 4 members (excludes halogenated alkanes) is 1. The van der Waals surface area contributed by atoms with Crippen molar-refractivity contribution in [2.45, 2.75) is 26.2 Å². The number of rotatable bonds is 4. The number of benzene rings is 1. The lowest BCUT2D eigenvalue weighted by atomic mass is 10.1. The van der Waals surface area contributed by atoms with E-state index in [1.54, 1.807) is 0 Å². The highest BCUT2D eigenvalue weighted by Gasteiger charge is 1.91. The molecule has 0 spiro atoms. The first-order valence-corrected chi connectivity index (χ1v) is 5.04. The molecule has 0 bridgehead atoms. The predicted octanol–water partition coefficient (Wildman–Crippen LogP) is 3.52. The van der Waals surface area contributed by atoms with E-state index in [4.69, 9.17) is 12.6 Å². The molecule has 0 saturated heterocycles. The lowest BCUT2D eigenvalue weighted by molar-refractivity contribution is 0.804. The Kier molecular flexibility index (Phi) is 4.23. The molecular weight excluding hydrogens is 164 g/mol. The van der Waals surface area contributed by atoms with Gasteiger partial charge < -0.3 is 0 Å². The van der Waals surface area contributed by atoms with E-state index in [9.17, 15) is 0 Å². The Hall–Kier alpha value is -0.430. The minimum Gasteiger partial charge on any atom is -0.0942 e. The summed E-state index contributed by atoms with van der Waals surface area (Å²) in [6.07, 6.45) is 3.58. The highest BCUT2D eigenvalue weighted by Crippen LogP contribution is 2.07. The molecule has 0 atom stereocenters. The van der Waals surface area contributed by atoms with Gasteiger partial charge in [0.2, 0.25) is 0 Å². The van der Waals surface area contributed by atoms with Crippen LogP contribution in [0.15, 0.2) is 24.3 Å². The summed E-state index contributed by atoms with van der Waals surface area (Å²) in [6, 6.07) is 8.75. The fraction of sp³-hybridized carbons (Fsp3) is 0.455. The Bertz CT molecular complexity index is 213. The third kappa shape index (κ3) is 3.31. The van der Waals surface area contributed by atoms with Gasteiger partial charge in [-0.25, -0.2) is 0 Å². The van der Waals surface area contributed by atoms with Gasteiger partial charge in [-0.3, -0.25) is 0 Å². The molecule has 0 amide bonds. The first-order chi connectivity index (χ1) is 5.83. The van der Waals surface area contributed by atoms with Gasteiger partial charge in [0, 0.05) is 5.75 Å². The third-order valence-corrected chi connectivity index (χ3v) is 2.27. The molecule has 0 N–H and O–H groups in total. The minimum atomic E-state index is 0.895. The zero-order valence-corrected chi connectivity index (χ0v) is 8.36. The lowest BCUT2D eigenvalue weighted by Crippen LogP contribution is -1.86. The molecule has 1 radical (unpaired) electrons. The predicted molar refractivity (Wildman–Crippen MR) is 56.6 cm³/mol. The summed E-state index contributed by atoms with van der Waals surface area (Å²) in [6.45, 7) is 2.12. The molecule has 0 aliphatic carbocycles. The van der Waals surface area contributed by atoms with E-state index in [2.05, 4.69) is 31.2 Å². The van der Waals surface area contributed by atoms with Crippen molar-refractivity contribution in [2.75, 3.05) is 5.75 Å². The van der Waals surface area contributed by atoms with Crippen molar-refractivity contribution in [3.63, 3.8) is 0 Å². The third-order valence-electron chi connectivity index (χ3n) is 1.98. The standard InChI is InChI=1S/C11H15S/c1-10-5-7-11(8-6-10)4-2-3-9-12/h5-8H,2-4,9H2,1H3. The fourth-order valence-corrected chi connectivity index (χ4v) is 1.39. The number of aryl methyl sites for hydroxylation is 2. The van der Waals surface area contributed by atoms with Gasteiger partial charge in [0.25, 0.3) is 0 Å². The zero-order chi connectivity index (χ0) is 8.81. The van der Waals surface area contributed by atoms with Crippen LogP contribution in [0.1, 0.15) is 24.0 Å². The molecule has 1 aromatic rings. The van der Waals surface area contributed by atoms with E-state index in [0.717, 1.165) is 5.75 Å². The molecule has 0 aliphatic rings. The SMILES string of the molecule is Cc1ccc(CCCC[S])cc1. The summed E-state index contributed by atoms with van der Waals surface area (Å²) in [5.74, 6) is 0.895. The lowest BCUT2D eigenvalue weighted by Gasteiger charge is -1.99. The van der Waals surface area contributed by atoms with Gasteiger partial charge in [-0.15, -0.1) is 0 Å². The van der Waals surface area contributed by atoms with Crippen LogP contribution in [0, 0.1) is 6.92 Å². The van der Waals surface area contributed by atoms with Gasteiger partial charge in [0.15, 0.2) is 0 Å². The van der Waals surface area contributed by atoms with Crippen molar-refractivity contribution < 1.29 is 0 Å². The van der Waals surface area contributed by atoms with Gasteiger partial charge in [0.1, 0.15) is 0 Å². The van der Waals surface area contributed by atoms with Gasteiger partial charge in [-0.1, -0.05) is 42.5 Å². The first-order valence-electron chi connectivity index (χ1n) is 4.46. The summed E-state index contributed by atoms with van der Waals surface area (Å²) in [5.41, 5.74) is 2.77. The van der Waals surface area contributed by atoms with Gasteiger partial charge in [0.05, 0.1) is 0 Å². The van der Waals surface area contributed by atoms with Crippen LogP contribution in [0.5, 0.6) is 0 Å². The molecule has 0 aromatic heterocycles. The largest absolute Gasteiger partial charge is 0.0942 e. The summed E-state index contributed by atoms with van der Waals surface area (Å²) < 4.78 is 0. The maximum atomic E-state index is 4.89. The molecule has 1 heteroatoms. The van der Waals surface area contributed by atoms with E-state index in [-0.39, 0.29) is 0 Å². The van der Waals surface area contributed by atoms with Gasteiger partial charge in [-0.2, -0.15) is 0 Å². The van der Waals surface area contributed by atoms with Crippen molar-refractivity contribution in [1.82, 2.24) is 0 Å². The molecule has 1 rings (SSSR count). The van der Waals surface area contributed by atoms with Crippen LogP contribution in [0.4, 0.5) is 0 Å². The smallest absolute Gasteiger partial charge is 0.00370 e. The summed E-state index contributed by atoms with van der Waals surface area (Å²) in [4.78, 5) is 0. The second-order valence-electron chi connectivity index (χ2n) is 3.15. The van der Waals surface area contributed by atoms with Crippen molar-refractivity contribution >= 4 is 12.6 Å². The van der Waals surface area contributed by atoms with Crippen molar-refractivity contribution in [3.05, 3.63) is 35.4 Å². The second-order valence-corrected chi connectivity index (χ2v) is 3.56. The minimum absolute atomic E-state index is 0.895. The highest BCUT2D eigenvalue weighted by atomic mass is 32.1. The van der Waals surface area contributed by atoms with E-state index >= 15 is 0 Å². The van der Waals surface area contributed by atoms with E-state index in [1.165, 1.54) is 30.4 Å². The Morgan fingerprint density at radius 2 is 1.75 bits per heavy atom. The highest BCUT2D eigenvalue weighted by molar-refractivity contribution is 7.80. The average Bonchev–Trinajstić information content (AvgIpc) is 2.09. The van der Waals surface area contributed by atoms with Crippen LogP contribution in [0.3, 0.4) is 0 Å². The van der Waals surface area contributed by atoms with Crippen molar-refractivity contribution in [2.24, 2.45) is 0 Å². The Morgan fingerprint density at radius 1 is 1.08 bits per heavy atom. The molecule has 0 nitrogen and oxygen atoms in total. The van der Waals surface area contributed by atoms with E-state index in [0.29, 0.717) is 0 Å². The van der Waals surface area contributed by atoms with Gasteiger partial charge >= 0.3 is 0 Å². The molecular formula is C11H15S. The van der Waals surface area contributed by atoms with Crippen LogP contribution in [-0.4, -0.2) is 5.75 Å². The molecule has 0 aliphatic heterocycles. The Morgan fingerprint density at radius 3 is 2.33 bits per heavy atom. The molecule has 0 saturated carbocycles. The van der Waals surface area contributed by atoms with Gasteiger partial charge in [-0.05, 0) is 31.7 Å². The molecule has 12 heavy (non-hydrogen) atoms. The topological polar surface area (TPSA) is 0 Å². The first kappa shape index (κ1) is 9.66. The molecule has 0 fully saturated rings. The van der Waals surface area contributed by atoms with E-state index in [1.807, 2.05) is 0 Å². The van der Waals surface area contributed by atoms with Crippen molar-refractivity contribution in [1.29, 1.82) is 0 Å². The molecule has 1 aromatic carbocycles. The second kappa shape index (κ2) is 5.26. The monoisotopic (exact) mass is 179 g/mol. The summed E-state index contributed by atoms with van der Waals surface area (Å²) >= 11 is 4.89. The van der Waals surface area contributed by atoms with Crippen LogP contribution in [0.2, 0.25) is 0 Å². The number of hydrogen-bond acceptors (Lipinski definition) is 0. The Labute approximate surface area is 80.4 Å². The Balaban J connectivity index is 2.37. The van der Waals surface area contributed by atoms with Crippen LogP contribution in [-0.2, 0) is 6.42 Å². The van der Waals surface area contributed by atoms with Crippen molar-refractivity contribution in [3.8, 4) is 0 Å². The fourth-order valence-electron chi connectivity index (χ4n) is 1.19. The molecule has 65 valence electrons. The summed E-state index contributed by atoms with van der Waals surface area (Å²) in [7, 11) is 0. The summed E-state index contributed by atoms with van der Waals surface area (Å²) in [5, 5.41) is 0. The van der Waals surface area contributed by atoms with E-state index < -0.39 is 0 Å². The maximum Gasteiger partial charge on any atom is 0.00370 e. The van der Waals surface area contributed by atoms with Crippen LogP contribution >= 0.6 is 12.6 Å². The zero-order valence-electron chi connectivity index (χ0n) is 7.55. The van der Waals surface area contributed by atoms with Crippen LogP contribution < -0.4 is 0 Å². The quantitative estimate of drug-likeness (QED) is 0.620. The van der Waals surface area contributed by atoms with Crippen LogP contribution in [0.25, 0.3) is 0 Å². The molecule has 0 unspecified atom stereocenters.